The van der Waals surface area contributed by atoms with Gasteiger partial charge in [0.2, 0.25) is 45.8 Å². The smallest absolute Gasteiger partial charge is 0.220 e. The van der Waals surface area contributed by atoms with E-state index in [1.807, 2.05) is 36.4 Å². The molecule has 7 aromatic carbocycles. The molecule has 0 saturated carbocycles. The van der Waals surface area contributed by atoms with Gasteiger partial charge in [0.15, 0.2) is 0 Å². The molecule has 0 atom stereocenters. The summed E-state index contributed by atoms with van der Waals surface area (Å²) in [6.07, 6.45) is 15.6. The molecule has 0 bridgehead atoms. The predicted octanol–water partition coefficient (Wildman–Crippen LogP) is 33.1. The number of hydrogen-bond acceptors (Lipinski definition) is 7. The highest BCUT2D eigenvalue weighted by molar-refractivity contribution is 14.1. The number of piperidine rings is 7. The maximum atomic E-state index is 13.2. The second-order valence-electron chi connectivity index (χ2n) is 50.7. The highest BCUT2D eigenvalue weighted by Gasteiger charge is 2.54. The van der Waals surface area contributed by atoms with E-state index in [9.17, 15) is 8.78 Å². The van der Waals surface area contributed by atoms with Gasteiger partial charge in [-0.2, -0.15) is 0 Å². The van der Waals surface area contributed by atoms with Gasteiger partial charge < -0.3 is 33.9 Å². The van der Waals surface area contributed by atoms with Crippen molar-refractivity contribution in [3.05, 3.63) is 321 Å². The monoisotopic (exact) mass is 2420 g/mol. The zero-order valence-electron chi connectivity index (χ0n) is 93.3. The van der Waals surface area contributed by atoms with Crippen molar-refractivity contribution in [1.82, 2.24) is 34.3 Å². The van der Waals surface area contributed by atoms with Gasteiger partial charge in [0.1, 0.15) is 11.6 Å². The van der Waals surface area contributed by atoms with Crippen LogP contribution in [-0.4, -0.2) is 172 Å². The van der Waals surface area contributed by atoms with Crippen molar-refractivity contribution in [1.29, 1.82) is 0 Å². The standard InChI is InChI=1S/C18H25BrN2.C18H25ClN2.2C18H25FN2.3C18H25IN2/c1-17(2,3)18(14-20-4)9-11-21(12-10-18)13-15-5-7-16(19)8-6-15;1-17(2,3)18(14-20-4)9-11-21(12-10-18)13-15-7-5-6-8-16(15)19;1-17(2,3)18(14-20-4)9-11-21(12-10-18)13-15-5-7-16(19)8-6-15;1-17(2,3)18(14-20-4)8-10-21(11-9-18)13-15-6-5-7-16(19)12-15;1-17(2,3)18(14-20-4)9-11-21(12-10-18)13-15-5-7-16(19)8-6-15;1-17(2,3)18(14-20-4)8-10-21(11-9-18)13-15-6-5-7-16(19)12-15;1-17(2,3)18(14-20-4)9-11-21(12-10-18)13-15-7-5-6-8-16(15)19/h3*5-8H,9-14H2,1-3H3;5-7,12H,8-11,13-14H2,1-3H3;5-8H,9-14H2,1-3H3;5-7,12H,8-11,13-14H2,1-3H3;5-8H,9-14H2,1-3H3. The Morgan fingerprint density at radius 2 is 0.490 bits per heavy atom. The molecule has 0 aliphatic carbocycles. The molecule has 14 rings (SSSR count). The normalized spacial score (nSPS) is 19.2. The molecular formula is C126H175BrClF2I3N14. The molecule has 7 aromatic rings. The molecular weight excluding hydrogens is 2240 g/mol. The van der Waals surface area contributed by atoms with Crippen molar-refractivity contribution in [2.75, 3.05) is 137 Å². The Morgan fingerprint density at radius 3 is 0.748 bits per heavy atom. The summed E-state index contributed by atoms with van der Waals surface area (Å²) in [6, 6.07) is 56.5. The molecule has 798 valence electrons. The molecule has 147 heavy (non-hydrogen) atoms. The van der Waals surface area contributed by atoms with Gasteiger partial charge in [-0.25, -0.2) is 54.8 Å². The van der Waals surface area contributed by atoms with Gasteiger partial charge in [-0.1, -0.05) is 270 Å². The van der Waals surface area contributed by atoms with Crippen molar-refractivity contribution in [2.24, 2.45) is 75.8 Å². The lowest BCUT2D eigenvalue weighted by molar-refractivity contribution is 0.0172. The Morgan fingerprint density at radius 1 is 0.259 bits per heavy atom. The number of hydrogen-bond donors (Lipinski definition) is 0. The SMILES string of the molecule is [C-]#[N+]CC1(C(C)(C)C)CCN(Cc2ccc(Br)cc2)CC1.[C-]#[N+]CC1(C(C)(C)C)CCN(Cc2ccc(F)cc2)CC1.[C-]#[N+]CC1(C(C)(C)C)CCN(Cc2ccc(I)cc2)CC1.[C-]#[N+]CC1(C(C)(C)C)CCN(Cc2cccc(F)c2)CC1.[C-]#[N+]CC1(C(C)(C)C)CCN(Cc2cccc(I)c2)CC1.[C-]#[N+]CC1(C(C)(C)C)CCN(Cc2ccccc2Cl)CC1.[C-]#[N+]CC1(C(C)(C)C)CCN(Cc2ccccc2I)CC1. The van der Waals surface area contributed by atoms with Crippen LogP contribution in [0, 0.1) is 144 Å². The molecule has 0 unspecified atom stereocenters. The summed E-state index contributed by atoms with van der Waals surface area (Å²) in [4.78, 5) is 43.5. The zero-order chi connectivity index (χ0) is 109. The lowest BCUT2D eigenvalue weighted by Crippen LogP contribution is -2.48. The van der Waals surface area contributed by atoms with Gasteiger partial charge in [0.25, 0.3) is 0 Å². The summed E-state index contributed by atoms with van der Waals surface area (Å²) in [5.41, 5.74) is 11.5. The molecule has 0 radical (unpaired) electrons. The van der Waals surface area contributed by atoms with E-state index >= 15 is 0 Å². The van der Waals surface area contributed by atoms with Crippen LogP contribution in [0.5, 0.6) is 0 Å². The fraction of sp³-hybridized carbons (Fsp3) is 0.611. The average Bonchev–Trinajstić information content (AvgIpc) is 0.767. The van der Waals surface area contributed by atoms with Crippen molar-refractivity contribution >= 4 is 95.3 Å². The van der Waals surface area contributed by atoms with Crippen LogP contribution in [0.4, 0.5) is 8.78 Å². The number of halogens is 7. The molecule has 14 nitrogen and oxygen atoms in total. The zero-order valence-corrected chi connectivity index (χ0v) is 102. The van der Waals surface area contributed by atoms with Gasteiger partial charge in [0, 0.05) is 104 Å². The minimum atomic E-state index is -0.179. The van der Waals surface area contributed by atoms with Gasteiger partial charge in [-0.15, -0.1) is 0 Å². The number of nitrogens with zero attached hydrogens (tertiary/aromatic N) is 14. The van der Waals surface area contributed by atoms with Gasteiger partial charge in [-0.05, 0) is 399 Å². The largest absolute Gasteiger partial charge is 0.316 e. The van der Waals surface area contributed by atoms with Crippen molar-refractivity contribution in [3.8, 4) is 0 Å². The summed E-state index contributed by atoms with van der Waals surface area (Å²) in [5.74, 6) is -0.345. The maximum absolute atomic E-state index is 13.2. The Labute approximate surface area is 944 Å². The Bertz CT molecular complexity index is 5070. The molecule has 0 aromatic heterocycles. The first-order valence-corrected chi connectivity index (χ1v) is 58.1. The molecule has 0 amide bonds. The van der Waals surface area contributed by atoms with E-state index < -0.39 is 0 Å². The first-order valence-electron chi connectivity index (χ1n) is 53.7. The van der Waals surface area contributed by atoms with Gasteiger partial charge in [-0.3, -0.25) is 34.3 Å². The highest BCUT2D eigenvalue weighted by Crippen LogP contribution is 2.55. The maximum Gasteiger partial charge on any atom is 0.220 e. The third-order valence-corrected chi connectivity index (χ3v) is 39.1. The van der Waals surface area contributed by atoms with E-state index in [-0.39, 0.29) is 87.4 Å². The summed E-state index contributed by atoms with van der Waals surface area (Å²) in [5, 5.41) is 0.853. The average molecular weight is 2420 g/mol. The van der Waals surface area contributed by atoms with Crippen LogP contribution in [0.15, 0.2) is 174 Å². The summed E-state index contributed by atoms with van der Waals surface area (Å²) in [6.45, 7) is 125. The van der Waals surface area contributed by atoms with E-state index in [2.05, 4.69) is 400 Å². The molecule has 7 fully saturated rings. The fourth-order valence-electron chi connectivity index (χ4n) is 23.1. The van der Waals surface area contributed by atoms with Crippen LogP contribution in [0.2, 0.25) is 5.02 Å². The van der Waals surface area contributed by atoms with E-state index in [0.29, 0.717) is 45.8 Å². The minimum absolute atomic E-state index is 0.118. The molecule has 7 aliphatic rings. The van der Waals surface area contributed by atoms with E-state index in [1.165, 1.54) is 56.7 Å². The lowest BCUT2D eigenvalue weighted by Gasteiger charge is -2.46. The highest BCUT2D eigenvalue weighted by atomic mass is 127. The van der Waals surface area contributed by atoms with Crippen LogP contribution in [-0.2, 0) is 45.8 Å². The first-order chi connectivity index (χ1) is 69.1. The molecule has 7 saturated heterocycles. The molecule has 7 heterocycles. The topological polar surface area (TPSA) is 53.2 Å². The van der Waals surface area contributed by atoms with Crippen molar-refractivity contribution in [3.63, 3.8) is 0 Å². The van der Waals surface area contributed by atoms with Crippen LogP contribution in [0.1, 0.15) is 274 Å². The summed E-state index contributed by atoms with van der Waals surface area (Å²) in [7, 11) is 0. The van der Waals surface area contributed by atoms with Crippen LogP contribution in [0.3, 0.4) is 0 Å². The summed E-state index contributed by atoms with van der Waals surface area (Å²) >= 11 is 16.9. The van der Waals surface area contributed by atoms with E-state index in [1.54, 1.807) is 12.1 Å². The van der Waals surface area contributed by atoms with Crippen LogP contribution in [0.25, 0.3) is 33.9 Å². The first kappa shape index (κ1) is 126. The number of likely N-dealkylation sites (tertiary alicyclic amines) is 7. The Kier molecular flexibility index (Phi) is 48.4. The van der Waals surface area contributed by atoms with Crippen molar-refractivity contribution < 1.29 is 8.78 Å². The number of rotatable bonds is 21. The van der Waals surface area contributed by atoms with Crippen LogP contribution < -0.4 is 0 Å². The Balaban J connectivity index is 0.000000209. The Hall–Kier alpha value is -6.49. The predicted molar refractivity (Wildman–Crippen MR) is 641 cm³/mol. The van der Waals surface area contributed by atoms with Crippen LogP contribution >= 0.6 is 95.3 Å². The van der Waals surface area contributed by atoms with Crippen molar-refractivity contribution in [2.45, 2.75) is 281 Å². The second-order valence-corrected chi connectivity index (χ2v) is 55.7. The van der Waals surface area contributed by atoms with Gasteiger partial charge >= 0.3 is 0 Å². The van der Waals surface area contributed by atoms with E-state index in [0.717, 1.165) is 248 Å². The third-order valence-electron chi connectivity index (χ3n) is 35.8. The minimum Gasteiger partial charge on any atom is -0.316 e. The van der Waals surface area contributed by atoms with Gasteiger partial charge in [0.05, 0.1) is 0 Å². The van der Waals surface area contributed by atoms with E-state index in [4.69, 9.17) is 57.6 Å². The number of benzene rings is 7. The fourth-order valence-corrected chi connectivity index (χ4v) is 25.1. The molecule has 0 N–H and O–H groups in total. The third kappa shape index (κ3) is 36.6. The molecule has 0 spiro atoms. The summed E-state index contributed by atoms with van der Waals surface area (Å²) < 4.78 is 31.3. The quantitative estimate of drug-likeness (QED) is 0.0525. The molecule has 7 aliphatic heterocycles. The molecule has 21 heteroatoms. The lowest BCUT2D eigenvalue weighted by atomic mass is 9.61. The second kappa shape index (κ2) is 56.6.